The number of nitrogens with one attached hydrogen (secondary N) is 2. The van der Waals surface area contributed by atoms with Gasteiger partial charge in [-0.2, -0.15) is 0 Å². The van der Waals surface area contributed by atoms with Gasteiger partial charge in [0, 0.05) is 0 Å². The number of carbonyl (C=O) groups excluding carboxylic acids is 1. The van der Waals surface area contributed by atoms with E-state index in [2.05, 4.69) is 16.6 Å². The molecule has 0 aromatic heterocycles. The quantitative estimate of drug-likeness (QED) is 0.472. The van der Waals surface area contributed by atoms with Crippen LogP contribution >= 0.6 is 0 Å². The van der Waals surface area contributed by atoms with E-state index in [9.17, 15) is 4.79 Å². The number of hydrogen-bond acceptors (Lipinski definition) is 4. The zero-order valence-electron chi connectivity index (χ0n) is 8.43. The van der Waals surface area contributed by atoms with Gasteiger partial charge in [-0.25, -0.2) is 0 Å². The molecule has 0 aromatic carbocycles. The standard InChI is InChI=1S/C10H16N2O2/c1-3-6-12-10(9(13)14-2)4-7-11-8-5-10/h1,11-12H,4-8H2,2H3. The van der Waals surface area contributed by atoms with Crippen molar-refractivity contribution in [2.45, 2.75) is 18.4 Å². The van der Waals surface area contributed by atoms with Crippen molar-refractivity contribution in [3.63, 3.8) is 0 Å². The van der Waals surface area contributed by atoms with Crippen molar-refractivity contribution in [1.82, 2.24) is 10.6 Å². The van der Waals surface area contributed by atoms with Gasteiger partial charge in [0.05, 0.1) is 13.7 Å². The van der Waals surface area contributed by atoms with Crippen LogP contribution in [0.15, 0.2) is 0 Å². The molecule has 0 saturated carbocycles. The Morgan fingerprint density at radius 1 is 1.64 bits per heavy atom. The van der Waals surface area contributed by atoms with E-state index in [1.54, 1.807) is 0 Å². The molecule has 1 heterocycles. The first-order valence-electron chi connectivity index (χ1n) is 4.73. The average molecular weight is 196 g/mol. The number of carbonyl (C=O) groups is 1. The normalized spacial score (nSPS) is 19.7. The predicted molar refractivity (Wildman–Crippen MR) is 53.7 cm³/mol. The van der Waals surface area contributed by atoms with Gasteiger partial charge in [-0.1, -0.05) is 5.92 Å². The zero-order chi connectivity index (χ0) is 10.4. The Morgan fingerprint density at radius 3 is 2.79 bits per heavy atom. The summed E-state index contributed by atoms with van der Waals surface area (Å²) in [7, 11) is 1.41. The van der Waals surface area contributed by atoms with Crippen LogP contribution in [0.5, 0.6) is 0 Å². The second kappa shape index (κ2) is 4.99. The Bertz CT molecular complexity index is 239. The van der Waals surface area contributed by atoms with Crippen LogP contribution in [0.3, 0.4) is 0 Å². The van der Waals surface area contributed by atoms with Gasteiger partial charge in [0.25, 0.3) is 0 Å². The summed E-state index contributed by atoms with van der Waals surface area (Å²) < 4.78 is 4.79. The number of terminal acetylenes is 1. The lowest BCUT2D eigenvalue weighted by molar-refractivity contribution is -0.149. The van der Waals surface area contributed by atoms with Gasteiger partial charge in [0.15, 0.2) is 0 Å². The number of esters is 1. The molecular formula is C10H16N2O2. The van der Waals surface area contributed by atoms with Crippen molar-refractivity contribution >= 4 is 5.97 Å². The first-order valence-corrected chi connectivity index (χ1v) is 4.73. The zero-order valence-corrected chi connectivity index (χ0v) is 8.43. The van der Waals surface area contributed by atoms with Crippen LogP contribution in [0.25, 0.3) is 0 Å². The second-order valence-electron chi connectivity index (χ2n) is 3.38. The third-order valence-electron chi connectivity index (χ3n) is 2.56. The minimum absolute atomic E-state index is 0.214. The van der Waals surface area contributed by atoms with E-state index in [4.69, 9.17) is 11.2 Å². The van der Waals surface area contributed by atoms with Crippen molar-refractivity contribution < 1.29 is 9.53 Å². The lowest BCUT2D eigenvalue weighted by Gasteiger charge is -2.35. The molecule has 4 heteroatoms. The molecule has 0 atom stereocenters. The first-order chi connectivity index (χ1) is 6.75. The monoisotopic (exact) mass is 196 g/mol. The van der Waals surface area contributed by atoms with E-state index < -0.39 is 5.54 Å². The summed E-state index contributed by atoms with van der Waals surface area (Å²) in [5.74, 6) is 2.27. The number of piperidine rings is 1. The van der Waals surface area contributed by atoms with Crippen LogP contribution in [0.2, 0.25) is 0 Å². The van der Waals surface area contributed by atoms with Gasteiger partial charge in [-0.3, -0.25) is 10.1 Å². The van der Waals surface area contributed by atoms with Crippen LogP contribution in [0, 0.1) is 12.3 Å². The SMILES string of the molecule is C#CCNC1(C(=O)OC)CCNCC1. The van der Waals surface area contributed by atoms with E-state index in [0.29, 0.717) is 6.54 Å². The van der Waals surface area contributed by atoms with Crippen LogP contribution < -0.4 is 10.6 Å². The summed E-state index contributed by atoms with van der Waals surface area (Å²) in [5, 5.41) is 6.28. The number of hydrogen-bond donors (Lipinski definition) is 2. The Morgan fingerprint density at radius 2 is 2.29 bits per heavy atom. The fourth-order valence-corrected chi connectivity index (χ4v) is 1.72. The number of methoxy groups -OCH3 is 1. The molecule has 1 aliphatic heterocycles. The summed E-state index contributed by atoms with van der Waals surface area (Å²) in [4.78, 5) is 11.6. The maximum Gasteiger partial charge on any atom is 0.326 e. The summed E-state index contributed by atoms with van der Waals surface area (Å²) in [6, 6.07) is 0. The summed E-state index contributed by atoms with van der Waals surface area (Å²) in [5.41, 5.74) is -0.577. The second-order valence-corrected chi connectivity index (χ2v) is 3.38. The lowest BCUT2D eigenvalue weighted by Crippen LogP contribution is -2.58. The Labute approximate surface area is 84.4 Å². The minimum atomic E-state index is -0.577. The summed E-state index contributed by atoms with van der Waals surface area (Å²) >= 11 is 0. The van der Waals surface area contributed by atoms with Crippen LogP contribution in [0.4, 0.5) is 0 Å². The van der Waals surface area contributed by atoms with E-state index >= 15 is 0 Å². The fourth-order valence-electron chi connectivity index (χ4n) is 1.72. The van der Waals surface area contributed by atoms with Crippen molar-refractivity contribution in [1.29, 1.82) is 0 Å². The Balaban J connectivity index is 2.67. The van der Waals surface area contributed by atoms with Gasteiger partial charge < -0.3 is 10.1 Å². The maximum absolute atomic E-state index is 11.6. The van der Waals surface area contributed by atoms with Gasteiger partial charge in [0.2, 0.25) is 0 Å². The molecule has 78 valence electrons. The molecule has 0 aromatic rings. The maximum atomic E-state index is 11.6. The van der Waals surface area contributed by atoms with E-state index in [1.807, 2.05) is 0 Å². The van der Waals surface area contributed by atoms with Gasteiger partial charge in [0.1, 0.15) is 5.54 Å². The van der Waals surface area contributed by atoms with E-state index in [-0.39, 0.29) is 5.97 Å². The van der Waals surface area contributed by atoms with E-state index in [1.165, 1.54) is 7.11 Å². The topological polar surface area (TPSA) is 50.4 Å². The highest BCUT2D eigenvalue weighted by molar-refractivity contribution is 5.81. The molecular weight excluding hydrogens is 180 g/mol. The highest BCUT2D eigenvalue weighted by atomic mass is 16.5. The molecule has 0 aliphatic carbocycles. The number of ether oxygens (including phenoxy) is 1. The molecule has 0 amide bonds. The predicted octanol–water partition coefficient (Wildman–Crippen LogP) is -0.496. The molecule has 1 rings (SSSR count). The summed E-state index contributed by atoms with van der Waals surface area (Å²) in [6.45, 7) is 2.02. The largest absolute Gasteiger partial charge is 0.468 e. The Hall–Kier alpha value is -1.05. The van der Waals surface area contributed by atoms with Gasteiger partial charge in [-0.05, 0) is 25.9 Å². The van der Waals surface area contributed by atoms with Crippen LogP contribution in [0.1, 0.15) is 12.8 Å². The minimum Gasteiger partial charge on any atom is -0.468 e. The smallest absolute Gasteiger partial charge is 0.326 e. The van der Waals surface area contributed by atoms with Gasteiger partial charge >= 0.3 is 5.97 Å². The molecule has 0 spiro atoms. The van der Waals surface area contributed by atoms with Crippen molar-refractivity contribution in [3.05, 3.63) is 0 Å². The fraction of sp³-hybridized carbons (Fsp3) is 0.700. The molecule has 2 N–H and O–H groups in total. The highest BCUT2D eigenvalue weighted by Gasteiger charge is 2.39. The third kappa shape index (κ3) is 2.25. The molecule has 0 unspecified atom stereocenters. The van der Waals surface area contributed by atoms with Gasteiger partial charge in [-0.15, -0.1) is 6.42 Å². The molecule has 1 fully saturated rings. The highest BCUT2D eigenvalue weighted by Crippen LogP contribution is 2.19. The molecule has 0 radical (unpaired) electrons. The van der Waals surface area contributed by atoms with Crippen LogP contribution in [-0.2, 0) is 9.53 Å². The van der Waals surface area contributed by atoms with Crippen molar-refractivity contribution in [2.24, 2.45) is 0 Å². The van der Waals surface area contributed by atoms with Crippen molar-refractivity contribution in [2.75, 3.05) is 26.7 Å². The Kier molecular flexibility index (Phi) is 3.93. The lowest BCUT2D eigenvalue weighted by atomic mass is 9.88. The van der Waals surface area contributed by atoms with Crippen molar-refractivity contribution in [3.8, 4) is 12.3 Å². The molecule has 14 heavy (non-hydrogen) atoms. The third-order valence-corrected chi connectivity index (χ3v) is 2.56. The summed E-state index contributed by atoms with van der Waals surface area (Å²) in [6.07, 6.45) is 6.61. The molecule has 1 aliphatic rings. The molecule has 1 saturated heterocycles. The molecule has 4 nitrogen and oxygen atoms in total. The first kappa shape index (κ1) is 11.0. The molecule has 0 bridgehead atoms. The number of rotatable bonds is 3. The van der Waals surface area contributed by atoms with E-state index in [0.717, 1.165) is 25.9 Å². The average Bonchev–Trinajstić information content (AvgIpc) is 2.26. The van der Waals surface area contributed by atoms with Crippen LogP contribution in [-0.4, -0.2) is 38.3 Å².